The molecule has 0 radical (unpaired) electrons. The Labute approximate surface area is 170 Å². The number of para-hydroxylation sites is 1. The number of anilines is 2. The first kappa shape index (κ1) is 19.1. The summed E-state index contributed by atoms with van der Waals surface area (Å²) in [6.07, 6.45) is 4.53. The van der Waals surface area contributed by atoms with Gasteiger partial charge in [0.25, 0.3) is 5.91 Å². The topological polar surface area (TPSA) is 66.5 Å². The Morgan fingerprint density at radius 2 is 1.72 bits per heavy atom. The maximum atomic E-state index is 13.1. The van der Waals surface area contributed by atoms with E-state index in [4.69, 9.17) is 0 Å². The third-order valence-electron chi connectivity index (χ3n) is 5.74. The molecule has 0 saturated carbocycles. The molecule has 1 saturated heterocycles. The summed E-state index contributed by atoms with van der Waals surface area (Å²) < 4.78 is 0. The van der Waals surface area contributed by atoms with Gasteiger partial charge in [-0.1, -0.05) is 37.3 Å². The van der Waals surface area contributed by atoms with Gasteiger partial charge in [-0.3, -0.25) is 14.4 Å². The van der Waals surface area contributed by atoms with Gasteiger partial charge >= 0.3 is 0 Å². The lowest BCUT2D eigenvalue weighted by atomic mass is 9.78. The summed E-state index contributed by atoms with van der Waals surface area (Å²) in [5.74, 6) is -1.48. The molecule has 1 aliphatic carbocycles. The highest BCUT2D eigenvalue weighted by atomic mass is 16.2. The second-order valence-electron chi connectivity index (χ2n) is 8.01. The molecule has 148 valence electrons. The molecule has 29 heavy (non-hydrogen) atoms. The van der Waals surface area contributed by atoms with Crippen molar-refractivity contribution in [3.05, 3.63) is 71.3 Å². The van der Waals surface area contributed by atoms with Crippen molar-refractivity contribution in [3.63, 3.8) is 0 Å². The lowest BCUT2D eigenvalue weighted by molar-refractivity contribution is -0.122. The highest BCUT2D eigenvalue weighted by Crippen LogP contribution is 2.41. The number of benzene rings is 2. The summed E-state index contributed by atoms with van der Waals surface area (Å²) in [5.41, 5.74) is 3.44. The molecule has 3 amide bonds. The Hall–Kier alpha value is -3.21. The van der Waals surface area contributed by atoms with E-state index in [-0.39, 0.29) is 35.5 Å². The van der Waals surface area contributed by atoms with Gasteiger partial charge in [-0.25, -0.2) is 4.90 Å². The molecule has 2 aromatic rings. The number of amides is 3. The third-order valence-corrected chi connectivity index (χ3v) is 5.74. The predicted molar refractivity (Wildman–Crippen MR) is 113 cm³/mol. The molecule has 1 heterocycles. The Kier molecular flexibility index (Phi) is 4.82. The molecule has 4 rings (SSSR count). The molecule has 3 atom stereocenters. The van der Waals surface area contributed by atoms with Gasteiger partial charge < -0.3 is 5.32 Å². The molecule has 1 fully saturated rings. The second-order valence-corrected chi connectivity index (χ2v) is 8.01. The first-order chi connectivity index (χ1) is 13.9. The zero-order valence-electron chi connectivity index (χ0n) is 16.8. The van der Waals surface area contributed by atoms with Gasteiger partial charge in [0.1, 0.15) is 0 Å². The van der Waals surface area contributed by atoms with Crippen LogP contribution in [0.5, 0.6) is 0 Å². The fourth-order valence-electron chi connectivity index (χ4n) is 4.49. The zero-order chi connectivity index (χ0) is 20.7. The number of carbonyl (C=O) groups is 3. The van der Waals surface area contributed by atoms with Crippen LogP contribution in [0.15, 0.2) is 54.6 Å². The standard InChI is InChI=1S/C24H24N2O3/c1-14-11-15(2)13-17(12-14)25-22(27)18-8-4-5-10-20(18)26-23(28)19-9-6-7-16(3)21(19)24(26)29/h4-8,10-13,16,19,21H,9H2,1-3H3,(H,25,27)/t16-,19-,21+/m1/s1. The molecule has 2 aliphatic rings. The maximum Gasteiger partial charge on any atom is 0.257 e. The van der Waals surface area contributed by atoms with Crippen LogP contribution in [0, 0.1) is 31.6 Å². The average Bonchev–Trinajstić information content (AvgIpc) is 2.92. The lowest BCUT2D eigenvalue weighted by Crippen LogP contribution is -2.33. The fourth-order valence-corrected chi connectivity index (χ4v) is 4.49. The fraction of sp³-hybridized carbons (Fsp3) is 0.292. The minimum atomic E-state index is -0.358. The van der Waals surface area contributed by atoms with Crippen molar-refractivity contribution in [2.45, 2.75) is 27.2 Å². The van der Waals surface area contributed by atoms with E-state index < -0.39 is 0 Å². The summed E-state index contributed by atoms with van der Waals surface area (Å²) in [6, 6.07) is 12.6. The number of hydrogen-bond donors (Lipinski definition) is 1. The molecular weight excluding hydrogens is 364 g/mol. The van der Waals surface area contributed by atoms with Crippen LogP contribution < -0.4 is 10.2 Å². The number of fused-ring (bicyclic) bond motifs is 1. The van der Waals surface area contributed by atoms with Crippen molar-refractivity contribution in [2.75, 3.05) is 10.2 Å². The summed E-state index contributed by atoms with van der Waals surface area (Å²) in [4.78, 5) is 40.4. The van der Waals surface area contributed by atoms with Gasteiger partial charge in [0.05, 0.1) is 23.1 Å². The highest BCUT2D eigenvalue weighted by Gasteiger charge is 2.51. The normalized spacial score (nSPS) is 23.3. The largest absolute Gasteiger partial charge is 0.322 e. The quantitative estimate of drug-likeness (QED) is 0.631. The number of hydrogen-bond acceptors (Lipinski definition) is 3. The molecule has 5 nitrogen and oxygen atoms in total. The molecule has 0 spiro atoms. The number of nitrogens with one attached hydrogen (secondary N) is 1. The molecule has 0 bridgehead atoms. The van der Waals surface area contributed by atoms with Crippen LogP contribution in [-0.4, -0.2) is 17.7 Å². The molecule has 5 heteroatoms. The summed E-state index contributed by atoms with van der Waals surface area (Å²) in [6.45, 7) is 5.89. The van der Waals surface area contributed by atoms with E-state index >= 15 is 0 Å². The van der Waals surface area contributed by atoms with Crippen LogP contribution in [0.2, 0.25) is 0 Å². The molecule has 2 aromatic carbocycles. The van der Waals surface area contributed by atoms with E-state index in [0.29, 0.717) is 23.4 Å². The maximum absolute atomic E-state index is 13.1. The van der Waals surface area contributed by atoms with E-state index in [2.05, 4.69) is 5.32 Å². The number of nitrogens with zero attached hydrogens (tertiary/aromatic N) is 1. The Bertz CT molecular complexity index is 1020. The number of aryl methyl sites for hydroxylation is 2. The first-order valence-electron chi connectivity index (χ1n) is 9.90. The number of allylic oxidation sites excluding steroid dienone is 2. The van der Waals surface area contributed by atoms with Crippen LogP contribution >= 0.6 is 0 Å². The molecule has 1 N–H and O–H groups in total. The van der Waals surface area contributed by atoms with E-state index in [0.717, 1.165) is 11.1 Å². The van der Waals surface area contributed by atoms with Gasteiger partial charge in [-0.15, -0.1) is 0 Å². The number of rotatable bonds is 3. The van der Waals surface area contributed by atoms with Gasteiger partial charge in [0.15, 0.2) is 0 Å². The molecule has 0 unspecified atom stereocenters. The summed E-state index contributed by atoms with van der Waals surface area (Å²) in [5, 5.41) is 2.90. The van der Waals surface area contributed by atoms with Crippen LogP contribution in [0.25, 0.3) is 0 Å². The molecular formula is C24H24N2O3. The van der Waals surface area contributed by atoms with Crippen LogP contribution in [0.1, 0.15) is 34.8 Å². The molecule has 0 aromatic heterocycles. The second kappa shape index (κ2) is 7.32. The van der Waals surface area contributed by atoms with Crippen LogP contribution in [0.4, 0.5) is 11.4 Å². The third kappa shape index (κ3) is 3.37. The number of carbonyl (C=O) groups excluding carboxylic acids is 3. The summed E-state index contributed by atoms with van der Waals surface area (Å²) in [7, 11) is 0. The Morgan fingerprint density at radius 3 is 2.41 bits per heavy atom. The van der Waals surface area contributed by atoms with Crippen molar-refractivity contribution in [1.29, 1.82) is 0 Å². The number of imide groups is 1. The average molecular weight is 388 g/mol. The highest BCUT2D eigenvalue weighted by molar-refractivity contribution is 6.25. The zero-order valence-corrected chi connectivity index (χ0v) is 16.8. The van der Waals surface area contributed by atoms with Crippen molar-refractivity contribution in [2.24, 2.45) is 17.8 Å². The van der Waals surface area contributed by atoms with Crippen LogP contribution in [-0.2, 0) is 9.59 Å². The lowest BCUT2D eigenvalue weighted by Gasteiger charge is -2.22. The van der Waals surface area contributed by atoms with E-state index in [1.807, 2.05) is 51.1 Å². The predicted octanol–water partition coefficient (Wildman–Crippen LogP) is 4.26. The SMILES string of the molecule is Cc1cc(C)cc(NC(=O)c2ccccc2N2C(=O)[C@H]3[C@H](C)C=CC[C@H]3C2=O)c1. The minimum Gasteiger partial charge on any atom is -0.322 e. The smallest absolute Gasteiger partial charge is 0.257 e. The Balaban J connectivity index is 1.68. The Morgan fingerprint density at radius 1 is 1.03 bits per heavy atom. The van der Waals surface area contributed by atoms with Gasteiger partial charge in [-0.05, 0) is 61.6 Å². The van der Waals surface area contributed by atoms with Gasteiger partial charge in [0.2, 0.25) is 11.8 Å². The van der Waals surface area contributed by atoms with E-state index in [9.17, 15) is 14.4 Å². The molecule has 1 aliphatic heterocycles. The van der Waals surface area contributed by atoms with Crippen molar-refractivity contribution in [1.82, 2.24) is 0 Å². The monoisotopic (exact) mass is 388 g/mol. The van der Waals surface area contributed by atoms with E-state index in [1.165, 1.54) is 4.90 Å². The van der Waals surface area contributed by atoms with Crippen molar-refractivity contribution < 1.29 is 14.4 Å². The minimum absolute atomic E-state index is 0.00598. The van der Waals surface area contributed by atoms with Crippen molar-refractivity contribution in [3.8, 4) is 0 Å². The summed E-state index contributed by atoms with van der Waals surface area (Å²) >= 11 is 0. The first-order valence-corrected chi connectivity index (χ1v) is 9.90. The van der Waals surface area contributed by atoms with Crippen molar-refractivity contribution >= 4 is 29.1 Å². The van der Waals surface area contributed by atoms with Gasteiger partial charge in [0, 0.05) is 5.69 Å². The van der Waals surface area contributed by atoms with E-state index in [1.54, 1.807) is 24.3 Å². The van der Waals surface area contributed by atoms with Crippen LogP contribution in [0.3, 0.4) is 0 Å². The van der Waals surface area contributed by atoms with Gasteiger partial charge in [-0.2, -0.15) is 0 Å².